The Morgan fingerprint density at radius 3 is 2.35 bits per heavy atom. The van der Waals surface area contributed by atoms with Gasteiger partial charge in [0.05, 0.1) is 18.0 Å². The number of carbonyl (C=O) groups is 2. The van der Waals surface area contributed by atoms with E-state index in [9.17, 15) is 9.59 Å². The number of benzene rings is 1. The van der Waals surface area contributed by atoms with Crippen molar-refractivity contribution in [2.24, 2.45) is 5.73 Å². The number of hydrogen-bond donors (Lipinski definition) is 2. The molecule has 1 aromatic heterocycles. The van der Waals surface area contributed by atoms with E-state index < -0.39 is 11.9 Å². The number of nitrogens with zero attached hydrogens (tertiary/aromatic N) is 1. The third kappa shape index (κ3) is 4.00. The smallest absolute Gasteiger partial charge is 0.253 e. The number of amides is 2. The van der Waals surface area contributed by atoms with Gasteiger partial charge in [-0.3, -0.25) is 9.59 Å². The number of hydrogen-bond acceptors (Lipinski definition) is 2. The molecule has 1 aromatic carbocycles. The van der Waals surface area contributed by atoms with Crippen molar-refractivity contribution in [1.29, 1.82) is 0 Å². The van der Waals surface area contributed by atoms with E-state index in [4.69, 9.17) is 5.73 Å². The van der Waals surface area contributed by atoms with Crippen LogP contribution < -0.4 is 11.1 Å². The summed E-state index contributed by atoms with van der Waals surface area (Å²) in [6.45, 7) is 6.05. The minimum absolute atomic E-state index is 0.0691. The molecule has 0 saturated carbocycles. The topological polar surface area (TPSA) is 77.1 Å². The zero-order chi connectivity index (χ0) is 17.0. The average Bonchev–Trinajstić information content (AvgIpc) is 2.89. The van der Waals surface area contributed by atoms with Crippen LogP contribution in [0.4, 0.5) is 0 Å². The van der Waals surface area contributed by atoms with Crippen LogP contribution in [0.3, 0.4) is 0 Å². The molecule has 0 radical (unpaired) electrons. The molecule has 122 valence electrons. The van der Waals surface area contributed by atoms with Gasteiger partial charge in [-0.05, 0) is 32.4 Å². The fraction of sp³-hybridized carbons (Fsp3) is 0.333. The fourth-order valence-corrected chi connectivity index (χ4v) is 2.70. The van der Waals surface area contributed by atoms with Gasteiger partial charge < -0.3 is 15.6 Å². The molecule has 0 aliphatic heterocycles. The molecule has 23 heavy (non-hydrogen) atoms. The number of rotatable bonds is 6. The molecule has 0 spiro atoms. The summed E-state index contributed by atoms with van der Waals surface area (Å²) in [5, 5.41) is 2.92. The maximum absolute atomic E-state index is 12.6. The molecule has 0 aliphatic rings. The Labute approximate surface area is 136 Å². The maximum Gasteiger partial charge on any atom is 0.253 e. The Morgan fingerprint density at radius 1 is 1.17 bits per heavy atom. The highest BCUT2D eigenvalue weighted by molar-refractivity contribution is 5.96. The van der Waals surface area contributed by atoms with E-state index >= 15 is 0 Å². The molecule has 0 aliphatic carbocycles. The number of primary amides is 1. The van der Waals surface area contributed by atoms with Crippen LogP contribution in [0.15, 0.2) is 42.6 Å². The Hall–Kier alpha value is -2.56. The summed E-state index contributed by atoms with van der Waals surface area (Å²) in [5.74, 6) is -0.646. The van der Waals surface area contributed by atoms with Crippen molar-refractivity contribution >= 4 is 11.8 Å². The highest BCUT2D eigenvalue weighted by Crippen LogP contribution is 2.20. The molecule has 1 atom stereocenters. The zero-order valence-corrected chi connectivity index (χ0v) is 13.7. The van der Waals surface area contributed by atoms with Crippen LogP contribution in [0.1, 0.15) is 54.0 Å². The van der Waals surface area contributed by atoms with E-state index in [1.807, 2.05) is 48.0 Å². The molecule has 2 rings (SSSR count). The molecule has 0 bridgehead atoms. The Bertz CT molecular complexity index is 690. The van der Waals surface area contributed by atoms with Crippen molar-refractivity contribution in [1.82, 2.24) is 9.88 Å². The minimum atomic E-state index is -0.448. The van der Waals surface area contributed by atoms with Crippen LogP contribution in [0.2, 0.25) is 0 Å². The maximum atomic E-state index is 12.6. The predicted molar refractivity (Wildman–Crippen MR) is 90.0 cm³/mol. The van der Waals surface area contributed by atoms with Gasteiger partial charge in [0.15, 0.2) is 0 Å². The lowest BCUT2D eigenvalue weighted by atomic mass is 10.0. The molecule has 5 nitrogen and oxygen atoms in total. The monoisotopic (exact) mass is 313 g/mol. The van der Waals surface area contributed by atoms with Gasteiger partial charge in [-0.2, -0.15) is 0 Å². The molecular weight excluding hydrogens is 290 g/mol. The molecular formula is C18H23N3O2. The summed E-state index contributed by atoms with van der Waals surface area (Å²) in [6.07, 6.45) is 1.97. The van der Waals surface area contributed by atoms with Gasteiger partial charge in [0.1, 0.15) is 0 Å². The molecule has 2 aromatic rings. The summed E-state index contributed by atoms with van der Waals surface area (Å²) in [6, 6.07) is 11.0. The fourth-order valence-electron chi connectivity index (χ4n) is 2.70. The summed E-state index contributed by atoms with van der Waals surface area (Å²) >= 11 is 0. The molecule has 0 fully saturated rings. The third-order valence-electron chi connectivity index (χ3n) is 3.89. The first-order valence-electron chi connectivity index (χ1n) is 7.71. The highest BCUT2D eigenvalue weighted by atomic mass is 16.2. The van der Waals surface area contributed by atoms with Gasteiger partial charge in [-0.25, -0.2) is 0 Å². The van der Waals surface area contributed by atoms with E-state index in [-0.39, 0.29) is 18.4 Å². The second-order valence-corrected chi connectivity index (χ2v) is 5.92. The number of aromatic nitrogens is 1. The van der Waals surface area contributed by atoms with Gasteiger partial charge in [0.25, 0.3) is 5.91 Å². The first-order chi connectivity index (χ1) is 10.9. The van der Waals surface area contributed by atoms with Crippen molar-refractivity contribution in [2.45, 2.75) is 39.3 Å². The number of nitrogens with one attached hydrogen (secondary N) is 1. The van der Waals surface area contributed by atoms with Gasteiger partial charge in [0, 0.05) is 17.9 Å². The first kappa shape index (κ1) is 16.8. The van der Waals surface area contributed by atoms with Crippen molar-refractivity contribution in [3.8, 4) is 0 Å². The summed E-state index contributed by atoms with van der Waals surface area (Å²) in [5.41, 5.74) is 7.71. The van der Waals surface area contributed by atoms with Gasteiger partial charge in [-0.15, -0.1) is 0 Å². The first-order valence-corrected chi connectivity index (χ1v) is 7.71. The molecule has 0 unspecified atom stereocenters. The summed E-state index contributed by atoms with van der Waals surface area (Å²) < 4.78 is 2.04. The Morgan fingerprint density at radius 2 is 1.83 bits per heavy atom. The molecule has 0 saturated heterocycles. The quantitative estimate of drug-likeness (QED) is 0.860. The average molecular weight is 313 g/mol. The van der Waals surface area contributed by atoms with E-state index in [0.29, 0.717) is 5.56 Å². The number of nitrogens with two attached hydrogens (primary N) is 1. The van der Waals surface area contributed by atoms with Crippen LogP contribution >= 0.6 is 0 Å². The molecule has 2 amide bonds. The van der Waals surface area contributed by atoms with E-state index in [1.54, 1.807) is 6.07 Å². The molecule has 3 N–H and O–H groups in total. The zero-order valence-electron chi connectivity index (χ0n) is 13.7. The largest absolute Gasteiger partial charge is 0.370 e. The lowest BCUT2D eigenvalue weighted by molar-refractivity contribution is -0.118. The van der Waals surface area contributed by atoms with Crippen molar-refractivity contribution in [3.63, 3.8) is 0 Å². The van der Waals surface area contributed by atoms with Crippen LogP contribution in [0.25, 0.3) is 0 Å². The standard InChI is InChI=1S/C18H23N3O2/c1-12(2)21-10-9-15(13(21)3)18(23)20-16(11-17(19)22)14-7-5-4-6-8-14/h4-10,12,16H,11H2,1-3H3,(H2,19,22)(H,20,23)/t16-/m1/s1. The van der Waals surface area contributed by atoms with Crippen LogP contribution in [0, 0.1) is 6.92 Å². The third-order valence-corrected chi connectivity index (χ3v) is 3.89. The molecule has 5 heteroatoms. The predicted octanol–water partition coefficient (Wildman–Crippen LogP) is 2.72. The second kappa shape index (κ2) is 7.13. The Kier molecular flexibility index (Phi) is 5.21. The SMILES string of the molecule is Cc1c(C(=O)N[C@H](CC(N)=O)c2ccccc2)ccn1C(C)C. The van der Waals surface area contributed by atoms with Gasteiger partial charge in [-0.1, -0.05) is 30.3 Å². The minimum Gasteiger partial charge on any atom is -0.370 e. The van der Waals surface area contributed by atoms with E-state index in [0.717, 1.165) is 11.3 Å². The van der Waals surface area contributed by atoms with Crippen molar-refractivity contribution in [3.05, 3.63) is 59.4 Å². The van der Waals surface area contributed by atoms with Crippen LogP contribution in [-0.4, -0.2) is 16.4 Å². The van der Waals surface area contributed by atoms with Crippen LogP contribution in [-0.2, 0) is 4.79 Å². The van der Waals surface area contributed by atoms with E-state index in [2.05, 4.69) is 19.2 Å². The number of carbonyl (C=O) groups excluding carboxylic acids is 2. The van der Waals surface area contributed by atoms with Crippen molar-refractivity contribution in [2.75, 3.05) is 0 Å². The van der Waals surface area contributed by atoms with Gasteiger partial charge in [0.2, 0.25) is 5.91 Å². The summed E-state index contributed by atoms with van der Waals surface area (Å²) in [4.78, 5) is 23.9. The molecule has 1 heterocycles. The highest BCUT2D eigenvalue weighted by Gasteiger charge is 2.20. The second-order valence-electron chi connectivity index (χ2n) is 5.92. The normalized spacial score (nSPS) is 12.2. The Balaban J connectivity index is 2.22. The lowest BCUT2D eigenvalue weighted by Crippen LogP contribution is -2.32. The van der Waals surface area contributed by atoms with E-state index in [1.165, 1.54) is 0 Å². The lowest BCUT2D eigenvalue weighted by Gasteiger charge is -2.18. The van der Waals surface area contributed by atoms with Gasteiger partial charge >= 0.3 is 0 Å². The summed E-state index contributed by atoms with van der Waals surface area (Å²) in [7, 11) is 0. The van der Waals surface area contributed by atoms with Crippen LogP contribution in [0.5, 0.6) is 0 Å². The van der Waals surface area contributed by atoms with Crippen molar-refractivity contribution < 1.29 is 9.59 Å².